The number of imidazole rings is 1. The van der Waals surface area contributed by atoms with Gasteiger partial charge in [0.1, 0.15) is 16.5 Å². The number of halogens is 1. The molecule has 0 fully saturated rings. The molecule has 0 unspecified atom stereocenters. The molecule has 2 aromatic carbocycles. The van der Waals surface area contributed by atoms with Crippen LogP contribution in [0.5, 0.6) is 0 Å². The molecule has 0 aliphatic rings. The van der Waals surface area contributed by atoms with E-state index < -0.39 is 5.91 Å². The Bertz CT molecular complexity index is 1500. The molecule has 3 aromatic heterocycles. The van der Waals surface area contributed by atoms with E-state index in [1.54, 1.807) is 35.0 Å². The number of carbonyl (C=O) groups is 1. The minimum atomic E-state index is -0.561. The zero-order chi connectivity index (χ0) is 22.9. The van der Waals surface area contributed by atoms with Crippen molar-refractivity contribution in [2.75, 3.05) is 5.73 Å². The molecule has 0 radical (unpaired) electrons. The normalized spacial score (nSPS) is 11.1. The van der Waals surface area contributed by atoms with E-state index in [0.29, 0.717) is 51.2 Å². The number of nitrogens with two attached hydrogens (primary N) is 2. The largest absolute Gasteiger partial charge is 0.383 e. The first-order valence-corrected chi connectivity index (χ1v) is 10.6. The molecule has 0 aliphatic heterocycles. The molecule has 4 N–H and O–H groups in total. The quantitative estimate of drug-likeness (QED) is 0.382. The van der Waals surface area contributed by atoms with Gasteiger partial charge in [0, 0.05) is 6.20 Å². The summed E-state index contributed by atoms with van der Waals surface area (Å²) in [6.07, 6.45) is 2.18. The minimum Gasteiger partial charge on any atom is -0.383 e. The van der Waals surface area contributed by atoms with Gasteiger partial charge < -0.3 is 11.5 Å². The third kappa shape index (κ3) is 3.79. The van der Waals surface area contributed by atoms with Gasteiger partial charge in [-0.2, -0.15) is 0 Å². The van der Waals surface area contributed by atoms with Crippen molar-refractivity contribution >= 4 is 34.5 Å². The summed E-state index contributed by atoms with van der Waals surface area (Å²) in [5.74, 6) is 0.239. The van der Waals surface area contributed by atoms with Crippen molar-refractivity contribution in [1.29, 1.82) is 0 Å². The molecule has 8 heteroatoms. The summed E-state index contributed by atoms with van der Waals surface area (Å²) < 4.78 is 1.80. The Morgan fingerprint density at radius 3 is 2.52 bits per heavy atom. The SMILES string of the molecule is NC(=O)c1cccc(Cc2ccccc2)c1-n1c(-c2cccnc2N)nc2ccc(Cl)nc21. The number of aromatic nitrogens is 4. The first-order chi connectivity index (χ1) is 16.0. The summed E-state index contributed by atoms with van der Waals surface area (Å²) in [5.41, 5.74) is 16.6. The Kier molecular flexibility index (Phi) is 5.24. The van der Waals surface area contributed by atoms with Crippen molar-refractivity contribution in [2.24, 2.45) is 5.73 Å². The Morgan fingerprint density at radius 1 is 0.939 bits per heavy atom. The van der Waals surface area contributed by atoms with Crippen LogP contribution in [0.15, 0.2) is 79.0 Å². The van der Waals surface area contributed by atoms with Gasteiger partial charge in [0.05, 0.1) is 16.8 Å². The lowest BCUT2D eigenvalue weighted by atomic mass is 9.99. The molecule has 162 valence electrons. The number of nitrogens with zero attached hydrogens (tertiary/aromatic N) is 4. The summed E-state index contributed by atoms with van der Waals surface area (Å²) in [6.45, 7) is 0. The van der Waals surface area contributed by atoms with Crippen LogP contribution in [0.1, 0.15) is 21.5 Å². The monoisotopic (exact) mass is 454 g/mol. The van der Waals surface area contributed by atoms with Crippen molar-refractivity contribution in [1.82, 2.24) is 19.5 Å². The molecule has 5 aromatic rings. The van der Waals surface area contributed by atoms with Gasteiger partial charge >= 0.3 is 0 Å². The molecule has 0 atom stereocenters. The van der Waals surface area contributed by atoms with Crippen LogP contribution >= 0.6 is 11.6 Å². The summed E-state index contributed by atoms with van der Waals surface area (Å²) in [5, 5.41) is 0.301. The molecule has 7 nitrogen and oxygen atoms in total. The zero-order valence-electron chi connectivity index (χ0n) is 17.4. The molecule has 33 heavy (non-hydrogen) atoms. The number of hydrogen-bond donors (Lipinski definition) is 2. The maximum Gasteiger partial charge on any atom is 0.250 e. The van der Waals surface area contributed by atoms with Gasteiger partial charge in [-0.3, -0.25) is 9.36 Å². The number of para-hydroxylation sites is 1. The fourth-order valence-corrected chi connectivity index (χ4v) is 4.09. The maximum absolute atomic E-state index is 12.5. The van der Waals surface area contributed by atoms with Crippen LogP contribution in [-0.2, 0) is 6.42 Å². The highest BCUT2D eigenvalue weighted by atomic mass is 35.5. The van der Waals surface area contributed by atoms with E-state index in [1.165, 1.54) is 0 Å². The molecular weight excluding hydrogens is 436 g/mol. The topological polar surface area (TPSA) is 113 Å². The molecule has 0 spiro atoms. The van der Waals surface area contributed by atoms with Gasteiger partial charge in [-0.15, -0.1) is 0 Å². The fourth-order valence-electron chi connectivity index (χ4n) is 3.95. The van der Waals surface area contributed by atoms with Crippen molar-refractivity contribution in [2.45, 2.75) is 6.42 Å². The minimum absolute atomic E-state index is 0.301. The highest BCUT2D eigenvalue weighted by molar-refractivity contribution is 6.29. The molecule has 0 saturated carbocycles. The molecule has 0 bridgehead atoms. The smallest absolute Gasteiger partial charge is 0.250 e. The van der Waals surface area contributed by atoms with E-state index in [2.05, 4.69) is 9.97 Å². The molecule has 1 amide bonds. The lowest BCUT2D eigenvalue weighted by Crippen LogP contribution is -2.17. The summed E-state index contributed by atoms with van der Waals surface area (Å²) in [6, 6.07) is 22.5. The number of nitrogen functional groups attached to an aromatic ring is 1. The molecule has 3 heterocycles. The third-order valence-electron chi connectivity index (χ3n) is 5.40. The van der Waals surface area contributed by atoms with Gasteiger partial charge in [0.25, 0.3) is 5.91 Å². The van der Waals surface area contributed by atoms with Crippen molar-refractivity contribution in [3.63, 3.8) is 0 Å². The van der Waals surface area contributed by atoms with Crippen LogP contribution in [0.3, 0.4) is 0 Å². The van der Waals surface area contributed by atoms with E-state index in [-0.39, 0.29) is 0 Å². The van der Waals surface area contributed by atoms with Gasteiger partial charge in [-0.1, -0.05) is 54.1 Å². The van der Waals surface area contributed by atoms with Crippen molar-refractivity contribution < 1.29 is 4.79 Å². The number of benzene rings is 2. The van der Waals surface area contributed by atoms with Crippen LogP contribution in [0.4, 0.5) is 5.82 Å². The highest BCUT2D eigenvalue weighted by Crippen LogP contribution is 2.34. The van der Waals surface area contributed by atoms with Crippen LogP contribution in [0.2, 0.25) is 5.15 Å². The van der Waals surface area contributed by atoms with E-state index in [9.17, 15) is 4.79 Å². The summed E-state index contributed by atoms with van der Waals surface area (Å²) >= 11 is 6.26. The average molecular weight is 455 g/mol. The Morgan fingerprint density at radius 2 is 1.76 bits per heavy atom. The number of pyridine rings is 2. The molecule has 0 saturated heterocycles. The summed E-state index contributed by atoms with van der Waals surface area (Å²) in [4.78, 5) is 26.1. The molecule has 0 aliphatic carbocycles. The van der Waals surface area contributed by atoms with Gasteiger partial charge in [-0.25, -0.2) is 15.0 Å². The lowest BCUT2D eigenvalue weighted by molar-refractivity contribution is 0.1000. The molecular formula is C25H19ClN6O. The number of carbonyl (C=O) groups excluding carboxylic acids is 1. The van der Waals surface area contributed by atoms with Gasteiger partial charge in [0.15, 0.2) is 11.5 Å². The van der Waals surface area contributed by atoms with E-state index >= 15 is 0 Å². The van der Waals surface area contributed by atoms with E-state index in [4.69, 9.17) is 28.1 Å². The third-order valence-corrected chi connectivity index (χ3v) is 5.61. The standard InChI is InChI=1S/C25H19ClN6O/c26-20-12-11-19-25(31-20)32(24(30-19)18-10-5-13-29-22(18)27)21-16(8-4-9-17(21)23(28)33)14-15-6-2-1-3-7-15/h1-13H,14H2,(H2,27,29)(H2,28,33). The number of hydrogen-bond acceptors (Lipinski definition) is 5. The van der Waals surface area contributed by atoms with Gasteiger partial charge in [-0.05, 0) is 47.9 Å². The molecule has 5 rings (SSSR count). The number of amides is 1. The highest BCUT2D eigenvalue weighted by Gasteiger charge is 2.24. The first kappa shape index (κ1) is 20.7. The van der Waals surface area contributed by atoms with Gasteiger partial charge in [0.2, 0.25) is 0 Å². The van der Waals surface area contributed by atoms with E-state index in [0.717, 1.165) is 11.1 Å². The lowest BCUT2D eigenvalue weighted by Gasteiger charge is -2.17. The number of rotatable bonds is 5. The summed E-state index contributed by atoms with van der Waals surface area (Å²) in [7, 11) is 0. The van der Waals surface area contributed by atoms with Crippen LogP contribution in [0.25, 0.3) is 28.2 Å². The predicted octanol–water partition coefficient (Wildman–Crippen LogP) is 4.41. The predicted molar refractivity (Wildman–Crippen MR) is 129 cm³/mol. The van der Waals surface area contributed by atoms with Crippen molar-refractivity contribution in [3.05, 3.63) is 101 Å². The maximum atomic E-state index is 12.5. The second kappa shape index (κ2) is 8.37. The van der Waals surface area contributed by atoms with Crippen LogP contribution < -0.4 is 11.5 Å². The van der Waals surface area contributed by atoms with Crippen molar-refractivity contribution in [3.8, 4) is 17.1 Å². The zero-order valence-corrected chi connectivity index (χ0v) is 18.2. The van der Waals surface area contributed by atoms with E-state index in [1.807, 2.05) is 48.5 Å². The second-order valence-electron chi connectivity index (χ2n) is 7.52. The Labute approximate surface area is 194 Å². The van der Waals surface area contributed by atoms with Crippen LogP contribution in [0, 0.1) is 0 Å². The Hall–Kier alpha value is -4.23. The first-order valence-electron chi connectivity index (χ1n) is 10.2. The van der Waals surface area contributed by atoms with Crippen LogP contribution in [-0.4, -0.2) is 25.4 Å². The fraction of sp³-hybridized carbons (Fsp3) is 0.0400. The second-order valence-corrected chi connectivity index (χ2v) is 7.91. The number of fused-ring (bicyclic) bond motifs is 1. The average Bonchev–Trinajstić information content (AvgIpc) is 3.18. The Balaban J connectivity index is 1.87. The number of primary amides is 1. The number of anilines is 1.